The molecule has 0 saturated carbocycles. The predicted molar refractivity (Wildman–Crippen MR) is 69.9 cm³/mol. The quantitative estimate of drug-likeness (QED) is 0.592. The Kier molecular flexibility index (Phi) is 5.58. The Balaban J connectivity index is 2.87. The molecule has 0 aliphatic rings. The van der Waals surface area contributed by atoms with Gasteiger partial charge in [0.05, 0.1) is 6.61 Å². The van der Waals surface area contributed by atoms with E-state index >= 15 is 0 Å². The number of aromatic hydroxyl groups is 1. The van der Waals surface area contributed by atoms with Crippen molar-refractivity contribution in [2.24, 2.45) is 0 Å². The molecule has 0 heterocycles. The van der Waals surface area contributed by atoms with E-state index < -0.39 is 12.2 Å². The van der Waals surface area contributed by atoms with Crippen molar-refractivity contribution in [3.63, 3.8) is 0 Å². The second-order valence-corrected chi connectivity index (χ2v) is 3.87. The first-order chi connectivity index (χ1) is 8.60. The number of rotatable bonds is 5. The van der Waals surface area contributed by atoms with Gasteiger partial charge in [-0.25, -0.2) is 0 Å². The highest BCUT2D eigenvalue weighted by Crippen LogP contribution is 2.22. The summed E-state index contributed by atoms with van der Waals surface area (Å²) in [4.78, 5) is 0. The maximum atomic E-state index is 9.63. The van der Waals surface area contributed by atoms with Gasteiger partial charge in [0.15, 0.2) is 0 Å². The third-order valence-corrected chi connectivity index (χ3v) is 2.56. The van der Waals surface area contributed by atoms with Gasteiger partial charge < -0.3 is 20.4 Å². The maximum Gasteiger partial charge on any atom is 0.121 e. The summed E-state index contributed by atoms with van der Waals surface area (Å²) in [5.74, 6) is 0.00291. The Morgan fingerprint density at radius 2 is 1.83 bits per heavy atom. The molecule has 1 rings (SSSR count). The van der Waals surface area contributed by atoms with Crippen molar-refractivity contribution in [1.29, 1.82) is 0 Å². The molecular weight excluding hydrogens is 232 g/mol. The van der Waals surface area contributed by atoms with Gasteiger partial charge in [-0.2, -0.15) is 0 Å². The maximum absolute atomic E-state index is 9.63. The molecule has 18 heavy (non-hydrogen) atoms. The number of allylic oxidation sites excluding steroid dienone is 1. The number of benzene rings is 1. The van der Waals surface area contributed by atoms with Crippen LogP contribution < -0.4 is 0 Å². The van der Waals surface area contributed by atoms with Crippen molar-refractivity contribution in [2.75, 3.05) is 0 Å². The molecule has 0 bridgehead atoms. The molecule has 0 radical (unpaired) electrons. The smallest absolute Gasteiger partial charge is 0.121 e. The van der Waals surface area contributed by atoms with E-state index in [9.17, 15) is 15.3 Å². The van der Waals surface area contributed by atoms with Crippen LogP contribution in [0.15, 0.2) is 36.4 Å². The van der Waals surface area contributed by atoms with Crippen LogP contribution >= 0.6 is 0 Å². The number of aliphatic hydroxyl groups is 3. The van der Waals surface area contributed by atoms with Crippen LogP contribution in [0.5, 0.6) is 5.75 Å². The molecule has 4 nitrogen and oxygen atoms in total. The molecule has 0 saturated heterocycles. The van der Waals surface area contributed by atoms with Gasteiger partial charge in [-0.3, -0.25) is 0 Å². The number of hydrogen-bond acceptors (Lipinski definition) is 4. The van der Waals surface area contributed by atoms with Crippen LogP contribution in [0.4, 0.5) is 0 Å². The second kappa shape index (κ2) is 6.96. The van der Waals surface area contributed by atoms with Gasteiger partial charge in [0.25, 0.3) is 0 Å². The Labute approximate surface area is 106 Å². The van der Waals surface area contributed by atoms with Crippen LogP contribution in [0.3, 0.4) is 0 Å². The first-order valence-electron chi connectivity index (χ1n) is 5.69. The normalized spacial score (nSPS) is 15.3. The first-order valence-corrected chi connectivity index (χ1v) is 5.69. The molecular formula is C14H18O4. The van der Waals surface area contributed by atoms with E-state index in [1.165, 1.54) is 18.2 Å². The fraction of sp³-hybridized carbons (Fsp3) is 0.286. The average molecular weight is 250 g/mol. The van der Waals surface area contributed by atoms with E-state index in [0.29, 0.717) is 11.1 Å². The Hall–Kier alpha value is -1.62. The monoisotopic (exact) mass is 250 g/mol. The molecule has 1 aromatic rings. The molecule has 0 amide bonds. The molecule has 0 unspecified atom stereocenters. The minimum absolute atomic E-state index is 0.00291. The third kappa shape index (κ3) is 3.70. The highest BCUT2D eigenvalue weighted by molar-refractivity contribution is 5.58. The van der Waals surface area contributed by atoms with E-state index in [1.807, 2.05) is 0 Å². The molecule has 4 heteroatoms. The fourth-order valence-electron chi connectivity index (χ4n) is 1.55. The van der Waals surface area contributed by atoms with Crippen molar-refractivity contribution in [1.82, 2.24) is 0 Å². The van der Waals surface area contributed by atoms with Crippen LogP contribution in [-0.4, -0.2) is 32.6 Å². The van der Waals surface area contributed by atoms with Crippen LogP contribution in [0, 0.1) is 0 Å². The largest absolute Gasteiger partial charge is 0.508 e. The lowest BCUT2D eigenvalue weighted by atomic mass is 10.0. The molecule has 0 aromatic heterocycles. The van der Waals surface area contributed by atoms with Crippen molar-refractivity contribution in [3.05, 3.63) is 47.6 Å². The van der Waals surface area contributed by atoms with Crippen LogP contribution in [0.1, 0.15) is 18.1 Å². The molecule has 4 N–H and O–H groups in total. The minimum atomic E-state index is -1.03. The van der Waals surface area contributed by atoms with Gasteiger partial charge >= 0.3 is 0 Å². The lowest BCUT2D eigenvalue weighted by molar-refractivity contribution is 0.0812. The lowest BCUT2D eigenvalue weighted by Crippen LogP contribution is -2.20. The third-order valence-electron chi connectivity index (χ3n) is 2.56. The Morgan fingerprint density at radius 3 is 2.44 bits per heavy atom. The standard InChI is InChI=1S/C14H18O4/c1-2-4-13(17)14(18)8-7-10-5-3-6-12(16)11(10)9-15/h2-8,13-18H,9H2,1H3/b4-2+,8-7+/t13-,14-/m0/s1. The summed E-state index contributed by atoms with van der Waals surface area (Å²) in [6.45, 7) is 1.46. The second-order valence-electron chi connectivity index (χ2n) is 3.87. The number of hydrogen-bond donors (Lipinski definition) is 4. The van der Waals surface area contributed by atoms with Crippen molar-refractivity contribution in [3.8, 4) is 5.75 Å². The summed E-state index contributed by atoms with van der Waals surface area (Å²) in [6, 6.07) is 4.83. The zero-order valence-corrected chi connectivity index (χ0v) is 10.2. The van der Waals surface area contributed by atoms with Crippen LogP contribution in [0.25, 0.3) is 6.08 Å². The Bertz CT molecular complexity index is 437. The SMILES string of the molecule is C/C=C/[C@H](O)[C@@H](O)/C=C/c1cccc(O)c1CO. The summed E-state index contributed by atoms with van der Waals surface area (Å²) in [5, 5.41) is 37.8. The fourth-order valence-corrected chi connectivity index (χ4v) is 1.55. The van der Waals surface area contributed by atoms with E-state index in [4.69, 9.17) is 5.11 Å². The van der Waals surface area contributed by atoms with Gasteiger partial charge in [0, 0.05) is 5.56 Å². The van der Waals surface area contributed by atoms with Crippen molar-refractivity contribution >= 4 is 6.08 Å². The molecule has 2 atom stereocenters. The Morgan fingerprint density at radius 1 is 1.17 bits per heavy atom. The lowest BCUT2D eigenvalue weighted by Gasteiger charge is -2.10. The number of aliphatic hydroxyl groups excluding tert-OH is 3. The van der Waals surface area contributed by atoms with Gasteiger partial charge in [-0.15, -0.1) is 0 Å². The van der Waals surface area contributed by atoms with Gasteiger partial charge in [0.1, 0.15) is 18.0 Å². The first kappa shape index (κ1) is 14.4. The molecule has 0 fully saturated rings. The summed E-state index contributed by atoms with van der Waals surface area (Å²) >= 11 is 0. The van der Waals surface area contributed by atoms with Crippen LogP contribution in [-0.2, 0) is 6.61 Å². The van der Waals surface area contributed by atoms with Gasteiger partial charge in [-0.1, -0.05) is 36.4 Å². The molecule has 98 valence electrons. The van der Waals surface area contributed by atoms with E-state index in [2.05, 4.69) is 0 Å². The molecule has 1 aromatic carbocycles. The topological polar surface area (TPSA) is 80.9 Å². The highest BCUT2D eigenvalue weighted by Gasteiger charge is 2.09. The molecule has 0 aliphatic carbocycles. The highest BCUT2D eigenvalue weighted by atomic mass is 16.3. The van der Waals surface area contributed by atoms with Crippen molar-refractivity contribution in [2.45, 2.75) is 25.7 Å². The zero-order chi connectivity index (χ0) is 13.5. The number of phenols is 1. The van der Waals surface area contributed by atoms with E-state index in [1.54, 1.807) is 31.2 Å². The van der Waals surface area contributed by atoms with Gasteiger partial charge in [-0.05, 0) is 18.6 Å². The summed E-state index contributed by atoms with van der Waals surface area (Å²) in [6.07, 6.45) is 4.09. The van der Waals surface area contributed by atoms with Crippen molar-refractivity contribution < 1.29 is 20.4 Å². The zero-order valence-electron chi connectivity index (χ0n) is 10.2. The summed E-state index contributed by atoms with van der Waals surface area (Å²) in [5.41, 5.74) is 0.991. The molecule has 0 aliphatic heterocycles. The average Bonchev–Trinajstić information content (AvgIpc) is 2.36. The van der Waals surface area contributed by atoms with E-state index in [0.717, 1.165) is 0 Å². The van der Waals surface area contributed by atoms with E-state index in [-0.39, 0.29) is 12.4 Å². The van der Waals surface area contributed by atoms with Gasteiger partial charge in [0.2, 0.25) is 0 Å². The molecule has 0 spiro atoms. The summed E-state index contributed by atoms with van der Waals surface area (Å²) in [7, 11) is 0. The predicted octanol–water partition coefficient (Wildman–Crippen LogP) is 1.20. The minimum Gasteiger partial charge on any atom is -0.508 e. The van der Waals surface area contributed by atoms with Crippen LogP contribution in [0.2, 0.25) is 0 Å². The summed E-state index contributed by atoms with van der Waals surface area (Å²) < 4.78 is 0.